The van der Waals surface area contributed by atoms with Crippen LogP contribution in [0.1, 0.15) is 44.9 Å². The molecule has 1 unspecified atom stereocenters. The summed E-state index contributed by atoms with van der Waals surface area (Å²) in [4.78, 5) is 25.8. The third-order valence-corrected chi connectivity index (χ3v) is 4.16. The second-order valence-corrected chi connectivity index (χ2v) is 5.41. The number of carbonyl (C=O) groups excluding carboxylic acids is 2. The van der Waals surface area contributed by atoms with E-state index in [0.717, 1.165) is 56.3 Å². The van der Waals surface area contributed by atoms with E-state index in [1.807, 2.05) is 0 Å². The molecule has 3 rings (SSSR count). The molecule has 0 N–H and O–H groups in total. The van der Waals surface area contributed by atoms with Crippen LogP contribution in [-0.2, 0) is 14.3 Å². The Morgan fingerprint density at radius 3 is 2.78 bits per heavy atom. The highest BCUT2D eigenvalue weighted by Crippen LogP contribution is 2.32. The van der Waals surface area contributed by atoms with Gasteiger partial charge in [0.25, 0.3) is 5.91 Å². The molecule has 0 radical (unpaired) electrons. The molecule has 2 aliphatic heterocycles. The number of ether oxygens (including phenoxy) is 1. The molecule has 1 aliphatic carbocycles. The predicted octanol–water partition coefficient (Wildman–Crippen LogP) is 1.79. The molecule has 0 spiro atoms. The number of hydrogen-bond donors (Lipinski definition) is 0. The Balaban J connectivity index is 1.76. The number of nitrogens with zero attached hydrogens (tertiary/aromatic N) is 1. The second-order valence-electron chi connectivity index (χ2n) is 5.41. The Labute approximate surface area is 107 Å². The van der Waals surface area contributed by atoms with Crippen LogP contribution in [0.4, 0.5) is 0 Å². The van der Waals surface area contributed by atoms with Crippen molar-refractivity contribution in [2.75, 3.05) is 13.2 Å². The summed E-state index contributed by atoms with van der Waals surface area (Å²) >= 11 is 0. The first kappa shape index (κ1) is 11.9. The van der Waals surface area contributed by atoms with Crippen LogP contribution in [-0.4, -0.2) is 36.0 Å². The van der Waals surface area contributed by atoms with Gasteiger partial charge in [-0.05, 0) is 38.5 Å². The molecule has 1 atom stereocenters. The van der Waals surface area contributed by atoms with Crippen molar-refractivity contribution in [3.05, 3.63) is 11.1 Å². The number of carbonyl (C=O) groups is 2. The third kappa shape index (κ3) is 2.09. The van der Waals surface area contributed by atoms with Crippen LogP contribution in [0.2, 0.25) is 0 Å². The second kappa shape index (κ2) is 4.84. The molecule has 1 fully saturated rings. The van der Waals surface area contributed by atoms with Crippen LogP contribution in [0.3, 0.4) is 0 Å². The minimum Gasteiger partial charge on any atom is -0.376 e. The van der Waals surface area contributed by atoms with Crippen molar-refractivity contribution >= 4 is 11.8 Å². The molecule has 2 amide bonds. The molecule has 4 nitrogen and oxygen atoms in total. The lowest BCUT2D eigenvalue weighted by Crippen LogP contribution is -2.46. The van der Waals surface area contributed by atoms with Crippen molar-refractivity contribution in [1.82, 2.24) is 4.90 Å². The maximum atomic E-state index is 12.3. The summed E-state index contributed by atoms with van der Waals surface area (Å²) in [5.74, 6) is -0.0763. The van der Waals surface area contributed by atoms with Crippen LogP contribution in [0, 0.1) is 0 Å². The molecular weight excluding hydrogens is 230 g/mol. The van der Waals surface area contributed by atoms with Gasteiger partial charge >= 0.3 is 0 Å². The summed E-state index contributed by atoms with van der Waals surface area (Å²) in [6.07, 6.45) is 6.48. The topological polar surface area (TPSA) is 46.6 Å². The number of amides is 2. The van der Waals surface area contributed by atoms with E-state index in [1.165, 1.54) is 4.90 Å². The lowest BCUT2D eigenvalue weighted by molar-refractivity contribution is -0.145. The van der Waals surface area contributed by atoms with E-state index in [0.29, 0.717) is 13.0 Å². The van der Waals surface area contributed by atoms with Crippen molar-refractivity contribution in [3.8, 4) is 0 Å². The lowest BCUT2D eigenvalue weighted by Gasteiger charge is -2.32. The summed E-state index contributed by atoms with van der Waals surface area (Å²) in [5, 5.41) is 0. The van der Waals surface area contributed by atoms with Crippen molar-refractivity contribution in [3.63, 3.8) is 0 Å². The molecule has 0 aromatic carbocycles. The molecular formula is C14H19NO3. The van der Waals surface area contributed by atoms with E-state index >= 15 is 0 Å². The van der Waals surface area contributed by atoms with E-state index in [-0.39, 0.29) is 17.9 Å². The number of hydrogen-bond acceptors (Lipinski definition) is 3. The molecule has 0 saturated carbocycles. The van der Waals surface area contributed by atoms with E-state index in [2.05, 4.69) is 0 Å². The minimum absolute atomic E-state index is 0.0313. The molecule has 3 aliphatic rings. The first-order valence-electron chi connectivity index (χ1n) is 6.93. The molecule has 98 valence electrons. The van der Waals surface area contributed by atoms with Crippen LogP contribution in [0.5, 0.6) is 0 Å². The molecule has 2 heterocycles. The zero-order valence-corrected chi connectivity index (χ0v) is 10.6. The smallest absolute Gasteiger partial charge is 0.256 e. The van der Waals surface area contributed by atoms with Gasteiger partial charge in [-0.1, -0.05) is 5.57 Å². The van der Waals surface area contributed by atoms with Crippen LogP contribution in [0.25, 0.3) is 0 Å². The van der Waals surface area contributed by atoms with E-state index in [1.54, 1.807) is 0 Å². The summed E-state index contributed by atoms with van der Waals surface area (Å²) in [6.45, 7) is 1.21. The maximum absolute atomic E-state index is 12.3. The fourth-order valence-electron chi connectivity index (χ4n) is 3.15. The summed E-state index contributed by atoms with van der Waals surface area (Å²) in [6, 6.07) is 0. The van der Waals surface area contributed by atoms with E-state index in [4.69, 9.17) is 4.74 Å². The predicted molar refractivity (Wildman–Crippen MR) is 65.8 cm³/mol. The van der Waals surface area contributed by atoms with Crippen molar-refractivity contribution in [2.45, 2.75) is 51.0 Å². The van der Waals surface area contributed by atoms with Gasteiger partial charge in [0.15, 0.2) is 0 Å². The molecule has 0 aromatic heterocycles. The van der Waals surface area contributed by atoms with Gasteiger partial charge in [0, 0.05) is 18.6 Å². The highest BCUT2D eigenvalue weighted by molar-refractivity contribution is 6.08. The Morgan fingerprint density at radius 1 is 1.17 bits per heavy atom. The average molecular weight is 249 g/mol. The summed E-state index contributed by atoms with van der Waals surface area (Å²) < 4.78 is 5.53. The normalized spacial score (nSPS) is 28.9. The third-order valence-electron chi connectivity index (χ3n) is 4.16. The molecule has 18 heavy (non-hydrogen) atoms. The fraction of sp³-hybridized carbons (Fsp3) is 0.714. The fourth-order valence-corrected chi connectivity index (χ4v) is 3.15. The first-order chi connectivity index (χ1) is 8.75. The Morgan fingerprint density at radius 2 is 2.00 bits per heavy atom. The molecule has 4 heteroatoms. The van der Waals surface area contributed by atoms with Gasteiger partial charge in [0.2, 0.25) is 5.91 Å². The van der Waals surface area contributed by atoms with E-state index in [9.17, 15) is 9.59 Å². The Kier molecular flexibility index (Phi) is 3.20. The summed E-state index contributed by atoms with van der Waals surface area (Å²) in [5.41, 5.74) is 2.01. The van der Waals surface area contributed by atoms with Crippen molar-refractivity contribution in [1.29, 1.82) is 0 Å². The first-order valence-corrected chi connectivity index (χ1v) is 6.93. The van der Waals surface area contributed by atoms with E-state index < -0.39 is 0 Å². The van der Waals surface area contributed by atoms with Gasteiger partial charge in [0.1, 0.15) is 0 Å². The van der Waals surface area contributed by atoms with Gasteiger partial charge in [-0.15, -0.1) is 0 Å². The largest absolute Gasteiger partial charge is 0.376 e. The SMILES string of the molecule is O=C1CC2=C(CCCC2)C(=O)N1CC1CCCO1. The zero-order chi connectivity index (χ0) is 12.5. The molecule has 0 aromatic rings. The van der Waals surface area contributed by atoms with Crippen LogP contribution < -0.4 is 0 Å². The van der Waals surface area contributed by atoms with Crippen LogP contribution in [0.15, 0.2) is 11.1 Å². The highest BCUT2D eigenvalue weighted by atomic mass is 16.5. The standard InChI is InChI=1S/C14H19NO3/c16-13-8-10-4-1-2-6-12(10)14(17)15(13)9-11-5-3-7-18-11/h11H,1-9H2. The minimum atomic E-state index is -0.0450. The monoisotopic (exact) mass is 249 g/mol. The van der Waals surface area contributed by atoms with Gasteiger partial charge in [-0.3, -0.25) is 14.5 Å². The molecule has 1 saturated heterocycles. The highest BCUT2D eigenvalue weighted by Gasteiger charge is 2.35. The quantitative estimate of drug-likeness (QED) is 0.701. The zero-order valence-electron chi connectivity index (χ0n) is 10.6. The number of imide groups is 1. The Bertz CT molecular complexity index is 407. The lowest BCUT2D eigenvalue weighted by atomic mass is 9.86. The molecule has 0 bridgehead atoms. The van der Waals surface area contributed by atoms with Gasteiger partial charge < -0.3 is 4.74 Å². The van der Waals surface area contributed by atoms with Crippen molar-refractivity contribution < 1.29 is 14.3 Å². The van der Waals surface area contributed by atoms with Crippen molar-refractivity contribution in [2.24, 2.45) is 0 Å². The Hall–Kier alpha value is -1.16. The van der Waals surface area contributed by atoms with Crippen LogP contribution >= 0.6 is 0 Å². The average Bonchev–Trinajstić information content (AvgIpc) is 2.87. The maximum Gasteiger partial charge on any atom is 0.256 e. The van der Waals surface area contributed by atoms with Gasteiger partial charge in [-0.2, -0.15) is 0 Å². The number of rotatable bonds is 2. The summed E-state index contributed by atoms with van der Waals surface area (Å²) in [7, 11) is 0. The van der Waals surface area contributed by atoms with Gasteiger partial charge in [0.05, 0.1) is 12.6 Å². The van der Waals surface area contributed by atoms with Gasteiger partial charge in [-0.25, -0.2) is 0 Å².